The molecule has 2 aliphatic rings. The summed E-state index contributed by atoms with van der Waals surface area (Å²) in [6, 6.07) is 7.45. The van der Waals surface area contributed by atoms with Crippen LogP contribution < -0.4 is 14.8 Å². The number of anilines is 1. The molecule has 0 spiro atoms. The van der Waals surface area contributed by atoms with Gasteiger partial charge in [-0.1, -0.05) is 11.2 Å². The van der Waals surface area contributed by atoms with Crippen LogP contribution in [0.1, 0.15) is 30.2 Å². The molecule has 0 bridgehead atoms. The van der Waals surface area contributed by atoms with E-state index in [2.05, 4.69) is 10.5 Å². The Hall–Kier alpha value is -2.70. The summed E-state index contributed by atoms with van der Waals surface area (Å²) in [5.41, 5.74) is 1.06. The van der Waals surface area contributed by atoms with Gasteiger partial charge in [0.1, 0.15) is 19.0 Å². The number of fused-ring (bicyclic) bond motifs is 1. The second-order valence-electron chi connectivity index (χ2n) is 6.01. The minimum Gasteiger partial charge on any atom is -0.486 e. The summed E-state index contributed by atoms with van der Waals surface area (Å²) in [6.07, 6.45) is 1.88. The number of aryl methyl sites for hydroxylation is 1. The molecular formula is C17H19N3O4. The van der Waals surface area contributed by atoms with Crippen LogP contribution in [-0.4, -0.2) is 35.8 Å². The molecule has 1 fully saturated rings. The van der Waals surface area contributed by atoms with Crippen LogP contribution >= 0.6 is 0 Å². The molecular weight excluding hydrogens is 310 g/mol. The lowest BCUT2D eigenvalue weighted by molar-refractivity contribution is 0.170. The van der Waals surface area contributed by atoms with Crippen molar-refractivity contribution < 1.29 is 18.8 Å². The third-order valence-electron chi connectivity index (χ3n) is 4.33. The summed E-state index contributed by atoms with van der Waals surface area (Å²) in [4.78, 5) is 14.4. The van der Waals surface area contributed by atoms with Crippen molar-refractivity contribution >= 4 is 11.8 Å². The Morgan fingerprint density at radius 2 is 2.08 bits per heavy atom. The van der Waals surface area contributed by atoms with Crippen LogP contribution in [-0.2, 0) is 0 Å². The second-order valence-corrected chi connectivity index (χ2v) is 6.01. The average molecular weight is 329 g/mol. The van der Waals surface area contributed by atoms with Gasteiger partial charge >= 0.3 is 6.03 Å². The molecule has 0 saturated carbocycles. The number of rotatable bonds is 2. The Morgan fingerprint density at radius 1 is 1.25 bits per heavy atom. The van der Waals surface area contributed by atoms with E-state index in [0.29, 0.717) is 31.3 Å². The summed E-state index contributed by atoms with van der Waals surface area (Å²) < 4.78 is 16.2. The van der Waals surface area contributed by atoms with Crippen LogP contribution in [0.25, 0.3) is 0 Å². The van der Waals surface area contributed by atoms with Gasteiger partial charge in [-0.05, 0) is 37.5 Å². The smallest absolute Gasteiger partial charge is 0.323 e. The first kappa shape index (κ1) is 14.9. The lowest BCUT2D eigenvalue weighted by atomic mass is 10.0. The molecule has 1 N–H and O–H groups in total. The molecule has 4 rings (SSSR count). The van der Waals surface area contributed by atoms with Crippen molar-refractivity contribution in [3.63, 3.8) is 0 Å². The van der Waals surface area contributed by atoms with Gasteiger partial charge in [0.05, 0.1) is 6.04 Å². The Labute approximate surface area is 139 Å². The fourth-order valence-electron chi connectivity index (χ4n) is 3.23. The predicted molar refractivity (Wildman–Crippen MR) is 86.4 cm³/mol. The zero-order chi connectivity index (χ0) is 16.5. The number of aromatic nitrogens is 1. The standard InChI is InChI=1S/C17H19N3O4/c1-11-9-16(19-24-11)18-17(21)20-6-2-3-13(20)12-4-5-14-15(10-12)23-8-7-22-14/h4-5,9-10,13H,2-3,6-8H2,1H3,(H,18,19,21). The molecule has 1 aromatic heterocycles. The topological polar surface area (TPSA) is 76.8 Å². The SMILES string of the molecule is Cc1cc(NC(=O)N2CCCC2c2ccc3c(c2)OCCO3)no1. The Balaban J connectivity index is 1.53. The minimum absolute atomic E-state index is 0.0221. The molecule has 7 nitrogen and oxygen atoms in total. The third-order valence-corrected chi connectivity index (χ3v) is 4.33. The van der Waals surface area contributed by atoms with Crippen molar-refractivity contribution in [1.82, 2.24) is 10.1 Å². The molecule has 7 heteroatoms. The van der Waals surface area contributed by atoms with E-state index in [9.17, 15) is 4.79 Å². The average Bonchev–Trinajstić information content (AvgIpc) is 3.23. The fraction of sp³-hybridized carbons (Fsp3) is 0.412. The normalized spacial score (nSPS) is 19.4. The van der Waals surface area contributed by atoms with E-state index >= 15 is 0 Å². The number of amides is 2. The molecule has 1 aromatic carbocycles. The predicted octanol–water partition coefficient (Wildman–Crippen LogP) is 3.12. The number of nitrogens with one attached hydrogen (secondary N) is 1. The highest BCUT2D eigenvalue weighted by Crippen LogP contribution is 2.38. The molecule has 0 aliphatic carbocycles. The van der Waals surface area contributed by atoms with Gasteiger partial charge in [0, 0.05) is 12.6 Å². The van der Waals surface area contributed by atoms with E-state index in [1.807, 2.05) is 23.1 Å². The van der Waals surface area contributed by atoms with Crippen LogP contribution in [0, 0.1) is 6.92 Å². The number of hydrogen-bond donors (Lipinski definition) is 1. The highest BCUT2D eigenvalue weighted by Gasteiger charge is 2.31. The van der Waals surface area contributed by atoms with Crippen LogP contribution in [0.2, 0.25) is 0 Å². The number of nitrogens with zero attached hydrogens (tertiary/aromatic N) is 2. The van der Waals surface area contributed by atoms with Crippen molar-refractivity contribution in [2.24, 2.45) is 0 Å². The van der Waals surface area contributed by atoms with Gasteiger partial charge in [-0.2, -0.15) is 0 Å². The summed E-state index contributed by atoms with van der Waals surface area (Å²) >= 11 is 0. The molecule has 2 aromatic rings. The fourth-order valence-corrected chi connectivity index (χ4v) is 3.23. The maximum absolute atomic E-state index is 12.6. The van der Waals surface area contributed by atoms with Crippen LogP contribution in [0.15, 0.2) is 28.8 Å². The number of benzene rings is 1. The lowest BCUT2D eigenvalue weighted by Crippen LogP contribution is -2.34. The van der Waals surface area contributed by atoms with Gasteiger partial charge in [0.2, 0.25) is 0 Å². The summed E-state index contributed by atoms with van der Waals surface area (Å²) in [6.45, 7) is 3.62. The molecule has 2 aliphatic heterocycles. The minimum atomic E-state index is -0.166. The highest BCUT2D eigenvalue weighted by molar-refractivity contribution is 5.88. The van der Waals surface area contributed by atoms with Gasteiger partial charge in [-0.15, -0.1) is 0 Å². The van der Waals surface area contributed by atoms with Crippen molar-refractivity contribution in [2.75, 3.05) is 25.1 Å². The molecule has 2 amide bonds. The van der Waals surface area contributed by atoms with Crippen LogP contribution in [0.3, 0.4) is 0 Å². The van der Waals surface area contributed by atoms with Crippen molar-refractivity contribution in [2.45, 2.75) is 25.8 Å². The maximum atomic E-state index is 12.6. The summed E-state index contributed by atoms with van der Waals surface area (Å²) in [7, 11) is 0. The number of ether oxygens (including phenoxy) is 2. The van der Waals surface area contributed by atoms with E-state index in [-0.39, 0.29) is 12.1 Å². The molecule has 1 saturated heterocycles. The zero-order valence-corrected chi connectivity index (χ0v) is 13.4. The largest absolute Gasteiger partial charge is 0.486 e. The van der Waals surface area contributed by atoms with Crippen molar-refractivity contribution in [3.8, 4) is 11.5 Å². The van der Waals surface area contributed by atoms with Gasteiger partial charge in [0.15, 0.2) is 17.3 Å². The Bertz CT molecular complexity index is 758. The quantitative estimate of drug-likeness (QED) is 0.916. The highest BCUT2D eigenvalue weighted by atomic mass is 16.6. The van der Waals surface area contributed by atoms with E-state index in [4.69, 9.17) is 14.0 Å². The van der Waals surface area contributed by atoms with Crippen LogP contribution in [0.4, 0.5) is 10.6 Å². The van der Waals surface area contributed by atoms with E-state index in [0.717, 1.165) is 29.9 Å². The first-order chi connectivity index (χ1) is 11.7. The molecule has 0 radical (unpaired) electrons. The van der Waals surface area contributed by atoms with Gasteiger partial charge in [-0.3, -0.25) is 5.32 Å². The maximum Gasteiger partial charge on any atom is 0.323 e. The van der Waals surface area contributed by atoms with E-state index in [1.54, 1.807) is 13.0 Å². The van der Waals surface area contributed by atoms with Crippen LogP contribution in [0.5, 0.6) is 11.5 Å². The number of likely N-dealkylation sites (tertiary alicyclic amines) is 1. The second kappa shape index (κ2) is 6.07. The lowest BCUT2D eigenvalue weighted by Gasteiger charge is -2.26. The van der Waals surface area contributed by atoms with Crippen molar-refractivity contribution in [3.05, 3.63) is 35.6 Å². The number of urea groups is 1. The van der Waals surface area contributed by atoms with Gasteiger partial charge in [0.25, 0.3) is 0 Å². The first-order valence-electron chi connectivity index (χ1n) is 8.11. The molecule has 3 heterocycles. The summed E-state index contributed by atoms with van der Waals surface area (Å²) in [5.74, 6) is 2.61. The molecule has 1 atom stereocenters. The van der Waals surface area contributed by atoms with Crippen molar-refractivity contribution in [1.29, 1.82) is 0 Å². The molecule has 126 valence electrons. The number of hydrogen-bond acceptors (Lipinski definition) is 5. The zero-order valence-electron chi connectivity index (χ0n) is 13.4. The molecule has 24 heavy (non-hydrogen) atoms. The monoisotopic (exact) mass is 329 g/mol. The Kier molecular flexibility index (Phi) is 3.76. The van der Waals surface area contributed by atoms with E-state index in [1.165, 1.54) is 0 Å². The first-order valence-corrected chi connectivity index (χ1v) is 8.11. The van der Waals surface area contributed by atoms with Gasteiger partial charge < -0.3 is 18.9 Å². The molecule has 1 unspecified atom stereocenters. The third kappa shape index (κ3) is 2.77. The number of carbonyl (C=O) groups is 1. The Morgan fingerprint density at radius 3 is 2.88 bits per heavy atom. The summed E-state index contributed by atoms with van der Waals surface area (Å²) in [5, 5.41) is 6.61. The van der Waals surface area contributed by atoms with E-state index < -0.39 is 0 Å². The number of carbonyl (C=O) groups excluding carboxylic acids is 1. The van der Waals surface area contributed by atoms with Gasteiger partial charge in [-0.25, -0.2) is 4.79 Å².